The number of oxime groups is 1. The van der Waals surface area contributed by atoms with E-state index in [2.05, 4.69) is 5.16 Å². The van der Waals surface area contributed by atoms with E-state index in [4.69, 9.17) is 9.57 Å². The maximum atomic E-state index is 12.5. The Balaban J connectivity index is 1.91. The van der Waals surface area contributed by atoms with E-state index >= 15 is 0 Å². The van der Waals surface area contributed by atoms with Crippen molar-refractivity contribution in [3.63, 3.8) is 0 Å². The minimum Gasteiger partial charge on any atom is -0.461 e. The Hall–Kier alpha value is -2.70. The molecule has 0 bridgehead atoms. The lowest BCUT2D eigenvalue weighted by atomic mass is 10.00. The Bertz CT molecular complexity index is 680. The van der Waals surface area contributed by atoms with Crippen molar-refractivity contribution in [1.82, 2.24) is 0 Å². The van der Waals surface area contributed by atoms with Gasteiger partial charge in [0, 0.05) is 0 Å². The Kier molecular flexibility index (Phi) is 3.40. The van der Waals surface area contributed by atoms with Crippen LogP contribution in [0.4, 0.5) is 5.69 Å². The van der Waals surface area contributed by atoms with Crippen LogP contribution in [0.1, 0.15) is 12.5 Å². The second-order valence-corrected chi connectivity index (χ2v) is 5.05. The number of nitrogens with zero attached hydrogens (tertiary/aromatic N) is 2. The molecule has 0 saturated carbocycles. The SMILES string of the molecule is CCOC(=O)C1=NO[C@H]2C(=O)N(c3ccc(C)cc3)C(=O)[C@H]12. The molecular formula is C15H14N2O5. The number of ether oxygens (including phenoxy) is 1. The van der Waals surface area contributed by atoms with Crippen LogP contribution in [0.25, 0.3) is 0 Å². The zero-order valence-corrected chi connectivity index (χ0v) is 12.1. The number of aryl methyl sites for hydroxylation is 1. The molecule has 2 aliphatic rings. The summed E-state index contributed by atoms with van der Waals surface area (Å²) in [5.41, 5.74) is 1.30. The van der Waals surface area contributed by atoms with Gasteiger partial charge < -0.3 is 9.57 Å². The fourth-order valence-electron chi connectivity index (χ4n) is 2.50. The van der Waals surface area contributed by atoms with Gasteiger partial charge in [0.15, 0.2) is 5.71 Å². The summed E-state index contributed by atoms with van der Waals surface area (Å²) >= 11 is 0. The third kappa shape index (κ3) is 2.05. The van der Waals surface area contributed by atoms with Gasteiger partial charge in [-0.3, -0.25) is 9.59 Å². The third-order valence-electron chi connectivity index (χ3n) is 3.59. The Labute approximate surface area is 126 Å². The molecule has 7 nitrogen and oxygen atoms in total. The number of esters is 1. The number of benzene rings is 1. The first-order valence-electron chi connectivity index (χ1n) is 6.90. The molecule has 1 saturated heterocycles. The first-order chi connectivity index (χ1) is 10.5. The van der Waals surface area contributed by atoms with Crippen LogP contribution >= 0.6 is 0 Å². The predicted octanol–water partition coefficient (Wildman–Crippen LogP) is 0.802. The van der Waals surface area contributed by atoms with Crippen LogP contribution in [0.5, 0.6) is 0 Å². The summed E-state index contributed by atoms with van der Waals surface area (Å²) in [5.74, 6) is -2.82. The fraction of sp³-hybridized carbons (Fsp3) is 0.333. The molecule has 0 aromatic heterocycles. The topological polar surface area (TPSA) is 85.3 Å². The van der Waals surface area contributed by atoms with Crippen molar-refractivity contribution in [3.05, 3.63) is 29.8 Å². The first kappa shape index (κ1) is 14.2. The van der Waals surface area contributed by atoms with E-state index in [0.29, 0.717) is 5.69 Å². The number of rotatable bonds is 3. The zero-order chi connectivity index (χ0) is 15.9. The normalized spacial score (nSPS) is 23.2. The van der Waals surface area contributed by atoms with Crippen molar-refractivity contribution in [2.75, 3.05) is 11.5 Å². The van der Waals surface area contributed by atoms with Crippen LogP contribution in [0.2, 0.25) is 0 Å². The number of fused-ring (bicyclic) bond motifs is 1. The van der Waals surface area contributed by atoms with Crippen molar-refractivity contribution >= 4 is 29.2 Å². The standard InChI is InChI=1S/C15H14N2O5/c1-3-21-15(20)11-10-12(22-16-11)14(19)17(13(10)18)9-6-4-8(2)5-7-9/h4-7,10,12H,3H2,1-2H3/t10-,12-/m1/s1. The molecule has 2 aliphatic heterocycles. The first-order valence-corrected chi connectivity index (χ1v) is 6.90. The molecule has 2 amide bonds. The molecule has 0 spiro atoms. The monoisotopic (exact) mass is 302 g/mol. The van der Waals surface area contributed by atoms with Crippen LogP contribution in [-0.2, 0) is 24.0 Å². The fourth-order valence-corrected chi connectivity index (χ4v) is 2.50. The summed E-state index contributed by atoms with van der Waals surface area (Å²) in [6.45, 7) is 3.70. The number of amides is 2. The van der Waals surface area contributed by atoms with Gasteiger partial charge in [-0.25, -0.2) is 9.69 Å². The largest absolute Gasteiger partial charge is 0.461 e. The molecule has 2 atom stereocenters. The van der Waals surface area contributed by atoms with Crippen molar-refractivity contribution < 1.29 is 24.0 Å². The van der Waals surface area contributed by atoms with Gasteiger partial charge >= 0.3 is 5.97 Å². The number of hydrogen-bond acceptors (Lipinski definition) is 6. The summed E-state index contributed by atoms with van der Waals surface area (Å²) in [6, 6.07) is 6.94. The third-order valence-corrected chi connectivity index (χ3v) is 3.59. The van der Waals surface area contributed by atoms with Crippen LogP contribution in [0.15, 0.2) is 29.4 Å². The number of hydrogen-bond donors (Lipinski definition) is 0. The Morgan fingerprint density at radius 1 is 1.27 bits per heavy atom. The Morgan fingerprint density at radius 3 is 2.59 bits per heavy atom. The van der Waals surface area contributed by atoms with Crippen LogP contribution in [-0.4, -0.2) is 36.2 Å². The van der Waals surface area contributed by atoms with Crippen LogP contribution < -0.4 is 4.90 Å². The second-order valence-electron chi connectivity index (χ2n) is 5.05. The number of carbonyl (C=O) groups is 3. The van der Waals surface area contributed by atoms with Gasteiger partial charge in [-0.1, -0.05) is 22.9 Å². The smallest absolute Gasteiger partial charge is 0.357 e. The summed E-state index contributed by atoms with van der Waals surface area (Å²) in [6.07, 6.45) is -1.09. The lowest BCUT2D eigenvalue weighted by Crippen LogP contribution is -2.35. The molecule has 114 valence electrons. The van der Waals surface area contributed by atoms with E-state index in [9.17, 15) is 14.4 Å². The predicted molar refractivity (Wildman–Crippen MR) is 76.1 cm³/mol. The molecule has 22 heavy (non-hydrogen) atoms. The molecule has 1 fully saturated rings. The Morgan fingerprint density at radius 2 is 1.95 bits per heavy atom. The van der Waals surface area contributed by atoms with E-state index in [0.717, 1.165) is 10.5 Å². The van der Waals surface area contributed by atoms with Gasteiger partial charge in [-0.05, 0) is 26.0 Å². The molecule has 0 radical (unpaired) electrons. The molecule has 0 aliphatic carbocycles. The number of carbonyl (C=O) groups excluding carboxylic acids is 3. The van der Waals surface area contributed by atoms with Gasteiger partial charge in [-0.2, -0.15) is 0 Å². The highest BCUT2D eigenvalue weighted by molar-refractivity contribution is 6.46. The molecule has 1 aromatic carbocycles. The van der Waals surface area contributed by atoms with E-state index < -0.39 is 29.8 Å². The second kappa shape index (κ2) is 5.25. The minimum atomic E-state index is -1.09. The van der Waals surface area contributed by atoms with Crippen LogP contribution in [0.3, 0.4) is 0 Å². The summed E-state index contributed by atoms with van der Waals surface area (Å²) in [5, 5.41) is 3.56. The van der Waals surface area contributed by atoms with Crippen molar-refractivity contribution in [3.8, 4) is 0 Å². The molecule has 3 rings (SSSR count). The minimum absolute atomic E-state index is 0.152. The molecule has 2 heterocycles. The van der Waals surface area contributed by atoms with Crippen LogP contribution in [0, 0.1) is 12.8 Å². The summed E-state index contributed by atoms with van der Waals surface area (Å²) in [4.78, 5) is 42.7. The average Bonchev–Trinajstić information content (AvgIpc) is 3.03. The molecule has 7 heteroatoms. The average molecular weight is 302 g/mol. The van der Waals surface area contributed by atoms with Gasteiger partial charge in [0.25, 0.3) is 5.91 Å². The van der Waals surface area contributed by atoms with Gasteiger partial charge in [-0.15, -0.1) is 0 Å². The lowest BCUT2D eigenvalue weighted by molar-refractivity contribution is -0.136. The molecular weight excluding hydrogens is 288 g/mol. The quantitative estimate of drug-likeness (QED) is 0.609. The lowest BCUT2D eigenvalue weighted by Gasteiger charge is -2.15. The van der Waals surface area contributed by atoms with Gasteiger partial charge in [0.1, 0.15) is 5.92 Å². The van der Waals surface area contributed by atoms with Crippen molar-refractivity contribution in [2.45, 2.75) is 20.0 Å². The molecule has 1 aromatic rings. The summed E-state index contributed by atoms with van der Waals surface area (Å²) < 4.78 is 4.84. The number of imide groups is 1. The molecule has 0 N–H and O–H groups in total. The van der Waals surface area contributed by atoms with E-state index in [1.807, 2.05) is 6.92 Å². The van der Waals surface area contributed by atoms with E-state index in [1.165, 1.54) is 0 Å². The highest BCUT2D eigenvalue weighted by Crippen LogP contribution is 2.33. The zero-order valence-electron chi connectivity index (χ0n) is 12.1. The van der Waals surface area contributed by atoms with Crippen molar-refractivity contribution in [1.29, 1.82) is 0 Å². The van der Waals surface area contributed by atoms with E-state index in [1.54, 1.807) is 31.2 Å². The number of anilines is 1. The van der Waals surface area contributed by atoms with Gasteiger partial charge in [0.2, 0.25) is 12.0 Å². The van der Waals surface area contributed by atoms with Crippen molar-refractivity contribution in [2.24, 2.45) is 11.1 Å². The summed E-state index contributed by atoms with van der Waals surface area (Å²) in [7, 11) is 0. The maximum Gasteiger partial charge on any atom is 0.357 e. The highest BCUT2D eigenvalue weighted by Gasteiger charge is 2.58. The van der Waals surface area contributed by atoms with E-state index in [-0.39, 0.29) is 12.3 Å². The molecule has 0 unspecified atom stereocenters. The maximum absolute atomic E-state index is 12.5. The highest BCUT2D eigenvalue weighted by atomic mass is 16.7. The van der Waals surface area contributed by atoms with Gasteiger partial charge in [0.05, 0.1) is 12.3 Å².